The molecule has 1 aromatic carbocycles. The van der Waals surface area contributed by atoms with Crippen LogP contribution in [-0.4, -0.2) is 43.4 Å². The summed E-state index contributed by atoms with van der Waals surface area (Å²) in [6, 6.07) is 7.07. The minimum atomic E-state index is -0.843. The number of methoxy groups -OCH3 is 1. The molecule has 0 bridgehead atoms. The maximum absolute atomic E-state index is 11.9. The fourth-order valence-electron chi connectivity index (χ4n) is 1.61. The lowest BCUT2D eigenvalue weighted by Gasteiger charge is -2.08. The number of aliphatic hydroxyl groups is 1. The number of carbonyl (C=O) groups is 1. The third-order valence-electron chi connectivity index (χ3n) is 2.72. The Morgan fingerprint density at radius 2 is 1.83 bits per heavy atom. The zero-order chi connectivity index (χ0) is 17.9. The molecule has 0 unspecified atom stereocenters. The van der Waals surface area contributed by atoms with Crippen LogP contribution in [-0.2, 0) is 14.3 Å². The quantitative estimate of drug-likeness (QED) is 0.187. The number of aliphatic hydroxyl groups excluding tert-OH is 1. The molecule has 1 rings (SSSR count). The van der Waals surface area contributed by atoms with Crippen molar-refractivity contribution < 1.29 is 24.1 Å². The van der Waals surface area contributed by atoms with Crippen LogP contribution >= 0.6 is 0 Å². The predicted octanol–water partition coefficient (Wildman–Crippen LogP) is 1.76. The Bertz CT molecular complexity index is 636. The second kappa shape index (κ2) is 9.88. The van der Waals surface area contributed by atoms with Crippen molar-refractivity contribution in [2.75, 3.05) is 20.3 Å². The van der Waals surface area contributed by atoms with Gasteiger partial charge in [0.2, 0.25) is 0 Å². The van der Waals surface area contributed by atoms with E-state index in [9.17, 15) is 9.90 Å². The van der Waals surface area contributed by atoms with Crippen LogP contribution in [0.4, 0.5) is 0 Å². The predicted molar refractivity (Wildman–Crippen MR) is 90.1 cm³/mol. The number of esters is 1. The molecule has 0 saturated heterocycles. The molecule has 0 aliphatic carbocycles. The number of hydrogen-bond acceptors (Lipinski definition) is 7. The van der Waals surface area contributed by atoms with E-state index < -0.39 is 11.9 Å². The zero-order valence-electron chi connectivity index (χ0n) is 13.9. The molecular weight excluding hydrogens is 314 g/mol. The van der Waals surface area contributed by atoms with E-state index >= 15 is 0 Å². The van der Waals surface area contributed by atoms with E-state index in [-0.39, 0.29) is 24.6 Å². The molecule has 0 aliphatic rings. The fourth-order valence-corrected chi connectivity index (χ4v) is 1.61. The first-order chi connectivity index (χ1) is 11.5. The molecular formula is C16H21N3O5. The third kappa shape index (κ3) is 5.64. The van der Waals surface area contributed by atoms with Gasteiger partial charge in [0.25, 0.3) is 5.95 Å². The molecule has 0 amide bonds. The van der Waals surface area contributed by atoms with Crippen LogP contribution in [0.2, 0.25) is 0 Å². The molecule has 0 spiro atoms. The highest BCUT2D eigenvalue weighted by atomic mass is 16.6. The topological polar surface area (TPSA) is 116 Å². The molecule has 0 atom stereocenters. The highest BCUT2D eigenvalue weighted by Crippen LogP contribution is 2.10. The van der Waals surface area contributed by atoms with Gasteiger partial charge in [0, 0.05) is 0 Å². The van der Waals surface area contributed by atoms with Crippen LogP contribution < -0.4 is 10.5 Å². The summed E-state index contributed by atoms with van der Waals surface area (Å²) in [5.41, 5.74) is 6.09. The summed E-state index contributed by atoms with van der Waals surface area (Å²) in [6.45, 7) is 3.54. The van der Waals surface area contributed by atoms with Crippen LogP contribution in [0.15, 0.2) is 46.0 Å². The first-order valence-electron chi connectivity index (χ1n) is 7.27. The number of benzene rings is 1. The van der Waals surface area contributed by atoms with Crippen LogP contribution in [0.25, 0.3) is 0 Å². The maximum Gasteiger partial charge on any atom is 0.349 e. The van der Waals surface area contributed by atoms with Crippen molar-refractivity contribution >= 4 is 18.0 Å². The molecule has 8 nitrogen and oxygen atoms in total. The monoisotopic (exact) mass is 335 g/mol. The van der Waals surface area contributed by atoms with Gasteiger partial charge in [-0.3, -0.25) is 0 Å². The van der Waals surface area contributed by atoms with Crippen molar-refractivity contribution in [1.29, 1.82) is 0 Å². The number of nitrogens with zero attached hydrogens (tertiary/aromatic N) is 2. The minimum absolute atomic E-state index is 0.115. The fraction of sp³-hybridized carbons (Fsp3) is 0.312. The number of ether oxygens (including phenoxy) is 3. The Kier molecular flexibility index (Phi) is 7.83. The SMILES string of the molecule is CCOC(=O)C(C(N)=NN=Cc1ccc(OC)cc1)=C(O)OCC. The molecule has 0 aromatic heterocycles. The van der Waals surface area contributed by atoms with Gasteiger partial charge in [0.15, 0.2) is 11.4 Å². The van der Waals surface area contributed by atoms with Crippen LogP contribution in [0.1, 0.15) is 19.4 Å². The van der Waals surface area contributed by atoms with Crippen molar-refractivity contribution in [1.82, 2.24) is 0 Å². The van der Waals surface area contributed by atoms with Gasteiger partial charge >= 0.3 is 5.97 Å². The molecule has 0 fully saturated rings. The van der Waals surface area contributed by atoms with E-state index in [2.05, 4.69) is 10.2 Å². The molecule has 1 aromatic rings. The van der Waals surface area contributed by atoms with Gasteiger partial charge in [-0.15, -0.1) is 5.10 Å². The van der Waals surface area contributed by atoms with Gasteiger partial charge < -0.3 is 25.1 Å². The van der Waals surface area contributed by atoms with Crippen molar-refractivity contribution in [3.05, 3.63) is 41.3 Å². The standard InChI is InChI=1S/C16H21N3O5/c1-4-23-15(20)13(16(21)24-5-2)14(17)19-18-10-11-6-8-12(22-3)9-7-11/h6-10,20H,4-5H2,1-3H3,(H2,17,19). The molecule has 24 heavy (non-hydrogen) atoms. The molecule has 130 valence electrons. The summed E-state index contributed by atoms with van der Waals surface area (Å²) in [7, 11) is 1.57. The number of hydrogen-bond donors (Lipinski definition) is 2. The highest BCUT2D eigenvalue weighted by Gasteiger charge is 2.22. The first kappa shape index (κ1) is 19.0. The average molecular weight is 335 g/mol. The first-order valence-corrected chi connectivity index (χ1v) is 7.27. The molecule has 3 N–H and O–H groups in total. The summed E-state index contributed by atoms with van der Waals surface area (Å²) in [5.74, 6) is -1.10. The van der Waals surface area contributed by atoms with E-state index in [0.29, 0.717) is 5.75 Å². The van der Waals surface area contributed by atoms with Crippen molar-refractivity contribution in [3.63, 3.8) is 0 Å². The number of nitrogens with two attached hydrogens (primary N) is 1. The van der Waals surface area contributed by atoms with Gasteiger partial charge in [-0.2, -0.15) is 5.10 Å². The van der Waals surface area contributed by atoms with Gasteiger partial charge in [0.1, 0.15) is 5.75 Å². The minimum Gasteiger partial charge on any atom is -0.497 e. The summed E-state index contributed by atoms with van der Waals surface area (Å²) in [5, 5.41) is 17.3. The Morgan fingerprint density at radius 1 is 1.21 bits per heavy atom. The Hall–Kier alpha value is -3.03. The largest absolute Gasteiger partial charge is 0.497 e. The summed E-state index contributed by atoms with van der Waals surface area (Å²) in [4.78, 5) is 11.9. The lowest BCUT2D eigenvalue weighted by atomic mass is 10.2. The van der Waals surface area contributed by atoms with E-state index in [1.54, 1.807) is 45.2 Å². The van der Waals surface area contributed by atoms with Gasteiger partial charge in [-0.1, -0.05) is 0 Å². The van der Waals surface area contributed by atoms with Crippen molar-refractivity contribution in [2.45, 2.75) is 13.8 Å². The number of amidine groups is 1. The average Bonchev–Trinajstić information content (AvgIpc) is 2.56. The lowest BCUT2D eigenvalue weighted by Crippen LogP contribution is -2.25. The maximum atomic E-state index is 11.9. The molecule has 0 aliphatic heterocycles. The normalized spacial score (nSPS) is 12.7. The summed E-state index contributed by atoms with van der Waals surface area (Å²) < 4.78 is 14.8. The highest BCUT2D eigenvalue weighted by molar-refractivity contribution is 6.18. The van der Waals surface area contributed by atoms with E-state index in [0.717, 1.165) is 5.56 Å². The van der Waals surface area contributed by atoms with Crippen molar-refractivity contribution in [2.24, 2.45) is 15.9 Å². The van der Waals surface area contributed by atoms with E-state index in [1.165, 1.54) is 6.21 Å². The molecule has 0 heterocycles. The van der Waals surface area contributed by atoms with Crippen LogP contribution in [0, 0.1) is 0 Å². The molecule has 8 heteroatoms. The zero-order valence-corrected chi connectivity index (χ0v) is 13.9. The van der Waals surface area contributed by atoms with Gasteiger partial charge in [-0.25, -0.2) is 4.79 Å². The van der Waals surface area contributed by atoms with Crippen LogP contribution in [0.3, 0.4) is 0 Å². The smallest absolute Gasteiger partial charge is 0.349 e. The second-order valence-corrected chi connectivity index (χ2v) is 4.34. The molecule has 0 radical (unpaired) electrons. The number of rotatable bonds is 8. The van der Waals surface area contributed by atoms with Crippen LogP contribution in [0.5, 0.6) is 5.75 Å². The van der Waals surface area contributed by atoms with E-state index in [1.807, 2.05) is 0 Å². The lowest BCUT2D eigenvalue weighted by molar-refractivity contribution is -0.138. The molecule has 0 saturated carbocycles. The Labute approximate surface area is 140 Å². The van der Waals surface area contributed by atoms with Crippen molar-refractivity contribution in [3.8, 4) is 5.75 Å². The third-order valence-corrected chi connectivity index (χ3v) is 2.72. The second-order valence-electron chi connectivity index (χ2n) is 4.34. The number of carbonyl (C=O) groups excluding carboxylic acids is 1. The Balaban J connectivity index is 2.97. The van der Waals surface area contributed by atoms with Gasteiger partial charge in [-0.05, 0) is 43.7 Å². The Morgan fingerprint density at radius 3 is 2.38 bits per heavy atom. The van der Waals surface area contributed by atoms with Gasteiger partial charge in [0.05, 0.1) is 26.5 Å². The summed E-state index contributed by atoms with van der Waals surface area (Å²) in [6.07, 6.45) is 1.44. The summed E-state index contributed by atoms with van der Waals surface area (Å²) >= 11 is 0. The van der Waals surface area contributed by atoms with E-state index in [4.69, 9.17) is 19.9 Å².